The minimum atomic E-state index is -1.37. The predicted octanol–water partition coefficient (Wildman–Crippen LogP) is 13.8. The van der Waals surface area contributed by atoms with Gasteiger partial charge in [-0.05, 0) is 75.5 Å². The van der Waals surface area contributed by atoms with E-state index in [2.05, 4.69) is 41.5 Å². The van der Waals surface area contributed by atoms with Gasteiger partial charge < -0.3 is 49.6 Å². The molecule has 0 aliphatic carbocycles. The molecule has 0 amide bonds. The van der Waals surface area contributed by atoms with E-state index in [1.54, 1.807) is 0 Å². The fourth-order valence-corrected chi connectivity index (χ4v) is 9.77. The van der Waals surface area contributed by atoms with E-state index in [9.17, 15) is 45.0 Å². The highest BCUT2D eigenvalue weighted by Crippen LogP contribution is 2.26. The molecular weight excluding hydrogens is 977 g/mol. The Morgan fingerprint density at radius 3 is 0.740 bits per heavy atom. The lowest BCUT2D eigenvalue weighted by atomic mass is 9.90. The first-order chi connectivity index (χ1) is 37.0. The summed E-state index contributed by atoms with van der Waals surface area (Å²) in [7, 11) is 0. The molecule has 13 nitrogen and oxygen atoms in total. The summed E-state index contributed by atoms with van der Waals surface area (Å²) in [6.07, 6.45) is 35.4. The third-order valence-corrected chi connectivity index (χ3v) is 15.4. The monoisotopic (exact) mass is 1100 g/mol. The van der Waals surface area contributed by atoms with E-state index >= 15 is 0 Å². The van der Waals surface area contributed by atoms with Crippen LogP contribution in [0.2, 0.25) is 0 Å². The number of aliphatic hydroxyl groups excluding tert-OH is 6. The molecule has 3 unspecified atom stereocenters. The van der Waals surface area contributed by atoms with Crippen LogP contribution < -0.4 is 0 Å². The smallest absolute Gasteiger partial charge is 0.305 e. The van der Waals surface area contributed by atoms with Crippen LogP contribution in [-0.4, -0.2) is 120 Å². The Morgan fingerprint density at radius 2 is 0.506 bits per heavy atom. The number of hydrogen-bond donors (Lipinski definition) is 6. The van der Waals surface area contributed by atoms with Crippen LogP contribution in [0.1, 0.15) is 292 Å². The number of unbranched alkanes of at least 4 members (excludes halogenated alkanes) is 21. The molecule has 77 heavy (non-hydrogen) atoms. The van der Waals surface area contributed by atoms with E-state index in [-0.39, 0.29) is 52.3 Å². The quantitative estimate of drug-likeness (QED) is 0.0190. The number of ether oxygens (including phenoxy) is 4. The van der Waals surface area contributed by atoms with E-state index in [0.29, 0.717) is 57.8 Å². The summed E-state index contributed by atoms with van der Waals surface area (Å²) in [5.74, 6) is 0.778. The van der Waals surface area contributed by atoms with Crippen LogP contribution in [0.4, 0.5) is 0 Å². The van der Waals surface area contributed by atoms with Crippen molar-refractivity contribution in [1.29, 1.82) is 0 Å². The molecule has 0 saturated carbocycles. The Bertz CT molecular complexity index is 1190. The van der Waals surface area contributed by atoms with Crippen molar-refractivity contribution in [2.24, 2.45) is 28.6 Å². The van der Waals surface area contributed by atoms with Crippen molar-refractivity contribution in [2.75, 3.05) is 52.9 Å². The van der Waals surface area contributed by atoms with Crippen LogP contribution in [-0.2, 0) is 33.3 Å². The molecule has 0 fully saturated rings. The van der Waals surface area contributed by atoms with Gasteiger partial charge in [-0.3, -0.25) is 14.4 Å². The maximum atomic E-state index is 13.3. The lowest BCUT2D eigenvalue weighted by molar-refractivity contribution is -0.170. The number of carbonyl (C=O) groups excluding carboxylic acids is 3. The highest BCUT2D eigenvalue weighted by atomic mass is 16.6. The lowest BCUT2D eigenvalue weighted by Crippen LogP contribution is -2.45. The van der Waals surface area contributed by atoms with Gasteiger partial charge >= 0.3 is 17.9 Å². The van der Waals surface area contributed by atoms with Crippen LogP contribution in [0.3, 0.4) is 0 Å². The number of aliphatic hydroxyl groups is 6. The maximum absolute atomic E-state index is 13.3. The van der Waals surface area contributed by atoms with Gasteiger partial charge in [-0.2, -0.15) is 0 Å². The standard InChI is InChI=1S/C64H124O13/c1-54(2)34-22-16-10-7-13-19-25-37-57(68)40-28-31-43-60(71)75-51-64(50-74-49-63(46-65,47-66)48-67,52-76-61(72)44-32-29-41-58(69)38-26-20-14-8-11-17-23-35-55(3)4)53-77-62(73)45-33-30-42-59(70)39-27-21-15-9-12-18-24-36-56(5)6/h54-59,65-70H,7-53H2,1-6H3. The summed E-state index contributed by atoms with van der Waals surface area (Å²) in [4.78, 5) is 39.8. The number of rotatable bonds is 58. The predicted molar refractivity (Wildman–Crippen MR) is 312 cm³/mol. The molecule has 0 heterocycles. The van der Waals surface area contributed by atoms with Gasteiger partial charge in [0.05, 0.1) is 62.2 Å². The minimum Gasteiger partial charge on any atom is -0.465 e. The van der Waals surface area contributed by atoms with Crippen molar-refractivity contribution >= 4 is 17.9 Å². The Balaban J connectivity index is 5.47. The molecule has 0 aromatic heterocycles. The van der Waals surface area contributed by atoms with Crippen molar-refractivity contribution in [2.45, 2.75) is 310 Å². The SMILES string of the molecule is CC(C)CCCCCCCCCC(O)CCCCC(=O)OCC(COCC(CO)(CO)CO)(COC(=O)CCCCC(O)CCCCCCCCCC(C)C)COC(=O)CCCCC(O)CCCCCCCCCC(C)C. The zero-order chi connectivity index (χ0) is 57.3. The fraction of sp³-hybridized carbons (Fsp3) is 0.953. The van der Waals surface area contributed by atoms with E-state index < -0.39 is 66.9 Å². The molecule has 0 saturated heterocycles. The summed E-state index contributed by atoms with van der Waals surface area (Å²) < 4.78 is 23.4. The van der Waals surface area contributed by atoms with Crippen molar-refractivity contribution < 1.29 is 64.0 Å². The number of carbonyl (C=O) groups is 3. The first kappa shape index (κ1) is 75.1. The van der Waals surface area contributed by atoms with Crippen molar-refractivity contribution in [3.05, 3.63) is 0 Å². The molecular formula is C64H124O13. The summed E-state index contributed by atoms with van der Waals surface area (Å²) in [6, 6.07) is 0. The third-order valence-electron chi connectivity index (χ3n) is 15.4. The molecule has 0 aliphatic heterocycles. The zero-order valence-electron chi connectivity index (χ0n) is 50.7. The lowest BCUT2D eigenvalue weighted by Gasteiger charge is -2.34. The zero-order valence-corrected chi connectivity index (χ0v) is 50.7. The minimum absolute atomic E-state index is 0.0948. The normalized spacial score (nSPS) is 14.1. The van der Waals surface area contributed by atoms with Gasteiger partial charge in [0.2, 0.25) is 0 Å². The Hall–Kier alpha value is -1.87. The van der Waals surface area contributed by atoms with Gasteiger partial charge in [-0.15, -0.1) is 0 Å². The van der Waals surface area contributed by atoms with Gasteiger partial charge in [-0.25, -0.2) is 0 Å². The summed E-state index contributed by atoms with van der Waals surface area (Å²) in [6.45, 7) is 10.4. The highest BCUT2D eigenvalue weighted by Gasteiger charge is 2.38. The van der Waals surface area contributed by atoms with Crippen LogP contribution >= 0.6 is 0 Å². The number of hydrogen-bond acceptors (Lipinski definition) is 13. The molecule has 0 bridgehead atoms. The summed E-state index contributed by atoms with van der Waals surface area (Å²) >= 11 is 0. The van der Waals surface area contributed by atoms with Gasteiger partial charge in [0, 0.05) is 19.3 Å². The number of esters is 3. The van der Waals surface area contributed by atoms with Gasteiger partial charge in [0.15, 0.2) is 0 Å². The second-order valence-corrected chi connectivity index (χ2v) is 25.0. The molecule has 13 heteroatoms. The highest BCUT2D eigenvalue weighted by molar-refractivity contribution is 5.70. The first-order valence-corrected chi connectivity index (χ1v) is 31.9. The third kappa shape index (κ3) is 47.5. The Kier molecular flexibility index (Phi) is 49.8. The van der Waals surface area contributed by atoms with Crippen molar-refractivity contribution in [3.8, 4) is 0 Å². The molecule has 0 aliphatic rings. The molecule has 0 aromatic rings. The molecule has 0 rings (SSSR count). The van der Waals surface area contributed by atoms with Crippen molar-refractivity contribution in [3.63, 3.8) is 0 Å². The molecule has 0 radical (unpaired) electrons. The molecule has 0 aromatic carbocycles. The molecule has 3 atom stereocenters. The van der Waals surface area contributed by atoms with Gasteiger partial charge in [0.25, 0.3) is 0 Å². The first-order valence-electron chi connectivity index (χ1n) is 31.9. The second-order valence-electron chi connectivity index (χ2n) is 25.0. The van der Waals surface area contributed by atoms with Crippen LogP contribution in [0, 0.1) is 28.6 Å². The summed E-state index contributed by atoms with van der Waals surface area (Å²) in [5.41, 5.74) is -2.74. The summed E-state index contributed by atoms with van der Waals surface area (Å²) in [5, 5.41) is 61.9. The average Bonchev–Trinajstić information content (AvgIpc) is 3.40. The van der Waals surface area contributed by atoms with E-state index in [1.165, 1.54) is 116 Å². The average molecular weight is 1100 g/mol. The van der Waals surface area contributed by atoms with Gasteiger partial charge in [0.1, 0.15) is 19.8 Å². The van der Waals surface area contributed by atoms with E-state index in [1.807, 2.05) is 0 Å². The fourth-order valence-electron chi connectivity index (χ4n) is 9.77. The largest absolute Gasteiger partial charge is 0.465 e. The topological polar surface area (TPSA) is 210 Å². The van der Waals surface area contributed by atoms with Gasteiger partial charge in [-0.1, -0.05) is 215 Å². The van der Waals surface area contributed by atoms with E-state index in [0.717, 1.165) is 75.5 Å². The Morgan fingerprint density at radius 1 is 0.299 bits per heavy atom. The molecule has 458 valence electrons. The second kappa shape index (κ2) is 51.0. The van der Waals surface area contributed by atoms with E-state index in [4.69, 9.17) is 18.9 Å². The van der Waals surface area contributed by atoms with Crippen LogP contribution in [0.25, 0.3) is 0 Å². The van der Waals surface area contributed by atoms with Crippen LogP contribution in [0.15, 0.2) is 0 Å². The maximum Gasteiger partial charge on any atom is 0.305 e. The van der Waals surface area contributed by atoms with Crippen LogP contribution in [0.5, 0.6) is 0 Å². The molecule has 0 spiro atoms. The molecule has 6 N–H and O–H groups in total. The van der Waals surface area contributed by atoms with Crippen molar-refractivity contribution in [1.82, 2.24) is 0 Å². The Labute approximate surface area is 471 Å².